The van der Waals surface area contributed by atoms with Gasteiger partial charge in [0.1, 0.15) is 24.2 Å². The molecule has 4 amide bonds. The van der Waals surface area contributed by atoms with Crippen LogP contribution in [0.3, 0.4) is 0 Å². The van der Waals surface area contributed by atoms with Crippen LogP contribution in [-0.2, 0) is 24.0 Å². The molecule has 34 heavy (non-hydrogen) atoms. The number of rotatable bonds is 16. The summed E-state index contributed by atoms with van der Waals surface area (Å²) in [5, 5.41) is 25.5. The van der Waals surface area contributed by atoms with Gasteiger partial charge in [0.05, 0.1) is 6.61 Å². The minimum absolute atomic E-state index is 0.00192. The van der Waals surface area contributed by atoms with Crippen LogP contribution in [0.1, 0.15) is 39.5 Å². The number of carbonyl (C=O) groups excluding carboxylic acids is 4. The van der Waals surface area contributed by atoms with Crippen molar-refractivity contribution >= 4 is 35.6 Å². The highest BCUT2D eigenvalue weighted by atomic mass is 16.4. The number of aliphatic imine (C=N–C) groups is 1. The molecule has 0 fully saturated rings. The van der Waals surface area contributed by atoms with E-state index in [4.69, 9.17) is 28.0 Å². The molecule has 0 spiro atoms. The largest absolute Gasteiger partial charge is 0.480 e. The minimum atomic E-state index is -1.32. The Bertz CT molecular complexity index is 755. The Morgan fingerprint density at radius 2 is 1.47 bits per heavy atom. The first-order valence-electron chi connectivity index (χ1n) is 10.6. The lowest BCUT2D eigenvalue weighted by Gasteiger charge is -2.26. The molecule has 0 aromatic rings. The molecule has 4 unspecified atom stereocenters. The van der Waals surface area contributed by atoms with Crippen molar-refractivity contribution in [2.45, 2.75) is 63.7 Å². The Kier molecular flexibility index (Phi) is 13.8. The second kappa shape index (κ2) is 15.4. The third-order valence-electron chi connectivity index (χ3n) is 4.65. The van der Waals surface area contributed by atoms with Crippen LogP contribution in [-0.4, -0.2) is 83.1 Å². The Hall–Kier alpha value is -3.46. The van der Waals surface area contributed by atoms with Crippen molar-refractivity contribution in [3.63, 3.8) is 0 Å². The summed E-state index contributed by atoms with van der Waals surface area (Å²) in [7, 11) is 0. The van der Waals surface area contributed by atoms with E-state index in [1.807, 2.05) is 0 Å². The molecule has 0 saturated heterocycles. The van der Waals surface area contributed by atoms with Crippen LogP contribution in [0, 0.1) is 5.92 Å². The quantitative estimate of drug-likeness (QED) is 0.0573. The number of hydrogen-bond donors (Lipinski definition) is 9. The van der Waals surface area contributed by atoms with Crippen LogP contribution in [0.5, 0.6) is 0 Å². The number of carbonyl (C=O) groups is 5. The Labute approximate surface area is 197 Å². The van der Waals surface area contributed by atoms with Gasteiger partial charge in [-0.1, -0.05) is 13.8 Å². The summed E-state index contributed by atoms with van der Waals surface area (Å²) in [6.45, 7) is 2.77. The number of amides is 4. The van der Waals surface area contributed by atoms with Crippen LogP contribution in [0.15, 0.2) is 4.99 Å². The lowest BCUT2D eigenvalue weighted by molar-refractivity contribution is -0.142. The molecule has 0 radical (unpaired) electrons. The lowest BCUT2D eigenvalue weighted by atomic mass is 10.0. The van der Waals surface area contributed by atoms with E-state index in [1.54, 1.807) is 13.8 Å². The maximum Gasteiger partial charge on any atom is 0.326 e. The van der Waals surface area contributed by atoms with Gasteiger partial charge in [0.15, 0.2) is 5.96 Å². The predicted molar refractivity (Wildman–Crippen MR) is 122 cm³/mol. The number of guanidine groups is 1. The van der Waals surface area contributed by atoms with Crippen molar-refractivity contribution in [1.29, 1.82) is 0 Å². The summed E-state index contributed by atoms with van der Waals surface area (Å²) in [5.41, 5.74) is 21.0. The SMILES string of the molecule is CC(C)C(NC(=O)C(N)CO)C(=O)NC(CCC(N)=O)C(=O)NC(CCCN=C(N)N)C(=O)O. The molecule has 15 heteroatoms. The highest BCUT2D eigenvalue weighted by molar-refractivity contribution is 5.94. The van der Waals surface area contributed by atoms with Crippen molar-refractivity contribution in [3.8, 4) is 0 Å². The molecular weight excluding hydrogens is 452 g/mol. The number of aliphatic hydroxyl groups is 1. The molecule has 0 bridgehead atoms. The third kappa shape index (κ3) is 12.0. The normalized spacial score (nSPS) is 14.3. The highest BCUT2D eigenvalue weighted by Crippen LogP contribution is 2.07. The van der Waals surface area contributed by atoms with E-state index in [1.165, 1.54) is 0 Å². The number of hydrogen-bond acceptors (Lipinski definition) is 8. The zero-order valence-corrected chi connectivity index (χ0v) is 19.3. The number of aliphatic carboxylic acids is 1. The fourth-order valence-corrected chi connectivity index (χ4v) is 2.73. The maximum absolute atomic E-state index is 12.8. The van der Waals surface area contributed by atoms with E-state index < -0.39 is 66.3 Å². The van der Waals surface area contributed by atoms with Gasteiger partial charge in [0, 0.05) is 13.0 Å². The lowest BCUT2D eigenvalue weighted by Crippen LogP contribution is -2.58. The summed E-state index contributed by atoms with van der Waals surface area (Å²) >= 11 is 0. The fourth-order valence-electron chi connectivity index (χ4n) is 2.73. The van der Waals surface area contributed by atoms with Crippen LogP contribution in [0.2, 0.25) is 0 Å². The van der Waals surface area contributed by atoms with Gasteiger partial charge < -0.3 is 49.1 Å². The van der Waals surface area contributed by atoms with Gasteiger partial charge >= 0.3 is 5.97 Å². The second-order valence-electron chi connectivity index (χ2n) is 7.93. The van der Waals surface area contributed by atoms with Crippen molar-refractivity contribution in [2.75, 3.05) is 13.2 Å². The maximum atomic E-state index is 12.8. The number of carboxylic acids is 1. The van der Waals surface area contributed by atoms with E-state index in [2.05, 4.69) is 20.9 Å². The first kappa shape index (κ1) is 30.5. The van der Waals surface area contributed by atoms with E-state index >= 15 is 0 Å². The minimum Gasteiger partial charge on any atom is -0.480 e. The smallest absolute Gasteiger partial charge is 0.326 e. The molecule has 0 aliphatic carbocycles. The molecule has 0 aliphatic rings. The van der Waals surface area contributed by atoms with Gasteiger partial charge in [-0.25, -0.2) is 4.79 Å². The van der Waals surface area contributed by atoms with Gasteiger partial charge in [-0.3, -0.25) is 24.2 Å². The average molecular weight is 489 g/mol. The van der Waals surface area contributed by atoms with Crippen molar-refractivity contribution < 1.29 is 34.2 Å². The van der Waals surface area contributed by atoms with E-state index in [0.717, 1.165) is 0 Å². The van der Waals surface area contributed by atoms with Gasteiger partial charge in [0.25, 0.3) is 0 Å². The van der Waals surface area contributed by atoms with E-state index in [0.29, 0.717) is 0 Å². The topological polar surface area (TPSA) is 278 Å². The number of nitrogens with zero attached hydrogens (tertiary/aromatic N) is 1. The van der Waals surface area contributed by atoms with Crippen molar-refractivity contribution in [3.05, 3.63) is 0 Å². The number of nitrogens with two attached hydrogens (primary N) is 4. The molecular formula is C19H36N8O7. The Balaban J connectivity index is 5.43. The van der Waals surface area contributed by atoms with Crippen LogP contribution >= 0.6 is 0 Å². The summed E-state index contributed by atoms with van der Waals surface area (Å²) in [6.07, 6.45) is -0.227. The molecule has 15 nitrogen and oxygen atoms in total. The standard InChI is InChI=1S/C19H36N8O7/c1-9(2)14(27-15(30)10(20)8-28)17(32)25-11(5-6-13(21)29)16(31)26-12(18(33)34)4-3-7-24-19(22)23/h9-12,14,28H,3-8,20H2,1-2H3,(H2,21,29)(H,25,32)(H,26,31)(H,27,30)(H,33,34)(H4,22,23,24). The third-order valence-corrected chi connectivity index (χ3v) is 4.65. The zero-order valence-electron chi connectivity index (χ0n) is 19.3. The highest BCUT2D eigenvalue weighted by Gasteiger charge is 2.31. The van der Waals surface area contributed by atoms with E-state index in [9.17, 15) is 29.1 Å². The zero-order chi connectivity index (χ0) is 26.4. The molecule has 0 aliphatic heterocycles. The molecule has 0 rings (SSSR count). The van der Waals surface area contributed by atoms with Gasteiger partial charge in [-0.2, -0.15) is 0 Å². The number of aliphatic hydroxyl groups excluding tert-OH is 1. The number of nitrogens with one attached hydrogen (secondary N) is 3. The monoisotopic (exact) mass is 488 g/mol. The Morgan fingerprint density at radius 1 is 0.882 bits per heavy atom. The summed E-state index contributed by atoms with van der Waals surface area (Å²) in [5.74, 6) is -5.04. The molecule has 0 aromatic heterocycles. The van der Waals surface area contributed by atoms with Crippen LogP contribution in [0.25, 0.3) is 0 Å². The van der Waals surface area contributed by atoms with E-state index in [-0.39, 0.29) is 38.2 Å². The molecule has 0 aromatic carbocycles. The molecule has 0 saturated carbocycles. The molecule has 0 heterocycles. The number of carboxylic acid groups (broad SMARTS) is 1. The summed E-state index contributed by atoms with van der Waals surface area (Å²) < 4.78 is 0. The fraction of sp³-hybridized carbons (Fsp3) is 0.684. The first-order valence-corrected chi connectivity index (χ1v) is 10.6. The van der Waals surface area contributed by atoms with Crippen molar-refractivity contribution in [1.82, 2.24) is 16.0 Å². The summed E-state index contributed by atoms with van der Waals surface area (Å²) in [6, 6.07) is -5.00. The average Bonchev–Trinajstić information content (AvgIpc) is 2.74. The Morgan fingerprint density at radius 3 is 1.94 bits per heavy atom. The predicted octanol–water partition coefficient (Wildman–Crippen LogP) is -4.18. The molecule has 13 N–H and O–H groups in total. The summed E-state index contributed by atoms with van der Waals surface area (Å²) in [4.78, 5) is 64.1. The molecule has 4 atom stereocenters. The van der Waals surface area contributed by atoms with Crippen molar-refractivity contribution in [2.24, 2.45) is 33.8 Å². The van der Waals surface area contributed by atoms with Crippen LogP contribution < -0.4 is 38.9 Å². The second-order valence-corrected chi connectivity index (χ2v) is 7.93. The van der Waals surface area contributed by atoms with Crippen LogP contribution in [0.4, 0.5) is 0 Å². The first-order chi connectivity index (χ1) is 15.8. The van der Waals surface area contributed by atoms with Gasteiger partial charge in [0.2, 0.25) is 23.6 Å². The molecule has 194 valence electrons. The van der Waals surface area contributed by atoms with Gasteiger partial charge in [-0.15, -0.1) is 0 Å². The van der Waals surface area contributed by atoms with Gasteiger partial charge in [-0.05, 0) is 25.2 Å². The number of primary amides is 1.